The van der Waals surface area contributed by atoms with E-state index in [1.54, 1.807) is 0 Å². The molecule has 82 heavy (non-hydrogen) atoms. The number of nitrogens with zero attached hydrogens (tertiary/aromatic N) is 1. The summed E-state index contributed by atoms with van der Waals surface area (Å²) in [7, 11) is 1.48. The molecule has 1 N–H and O–H groups in total. The third-order valence-electron chi connectivity index (χ3n) is 15.2. The maximum absolute atomic E-state index is 12.9. The average molecular weight is 1170 g/mol. The van der Waals surface area contributed by atoms with Gasteiger partial charge in [0.1, 0.15) is 19.8 Å². The monoisotopic (exact) mass is 1170 g/mol. The van der Waals surface area contributed by atoms with Gasteiger partial charge >= 0.3 is 19.8 Å². The molecule has 0 aliphatic heterocycles. The number of esters is 2. The Kier molecular flexibility index (Phi) is 61.0. The minimum Gasteiger partial charge on any atom is -0.462 e. The maximum Gasteiger partial charge on any atom is 0.472 e. The van der Waals surface area contributed by atoms with E-state index in [9.17, 15) is 19.0 Å². The summed E-state index contributed by atoms with van der Waals surface area (Å²) in [4.78, 5) is 35.8. The highest BCUT2D eigenvalue weighted by molar-refractivity contribution is 7.47. The number of rotatable bonds is 64. The van der Waals surface area contributed by atoms with E-state index >= 15 is 0 Å². The van der Waals surface area contributed by atoms with Gasteiger partial charge in [-0.15, -0.1) is 0 Å². The Morgan fingerprint density at radius 3 is 1.04 bits per heavy atom. The van der Waals surface area contributed by atoms with Gasteiger partial charge in [0.25, 0.3) is 0 Å². The van der Waals surface area contributed by atoms with Gasteiger partial charge < -0.3 is 18.9 Å². The van der Waals surface area contributed by atoms with Crippen LogP contribution in [0.2, 0.25) is 0 Å². The van der Waals surface area contributed by atoms with Crippen molar-refractivity contribution in [3.63, 3.8) is 0 Å². The molecule has 0 heterocycles. The van der Waals surface area contributed by atoms with E-state index in [4.69, 9.17) is 18.5 Å². The third kappa shape index (κ3) is 66.6. The lowest BCUT2D eigenvalue weighted by Gasteiger charge is -2.24. The first-order chi connectivity index (χ1) is 40.0. The summed E-state index contributed by atoms with van der Waals surface area (Å²) >= 11 is 0. The fourth-order valence-corrected chi connectivity index (χ4v) is 10.7. The van der Waals surface area contributed by atoms with E-state index in [0.717, 1.165) is 64.2 Å². The molecule has 0 aliphatic rings. The van der Waals surface area contributed by atoms with Crippen LogP contribution >= 0.6 is 7.82 Å². The molecule has 10 heteroatoms. The molecule has 0 aromatic heterocycles. The number of likely N-dealkylation sites (N-methyl/N-ethyl adjacent to an activating group) is 1. The fourth-order valence-electron chi connectivity index (χ4n) is 9.92. The van der Waals surface area contributed by atoms with Gasteiger partial charge in [-0.25, -0.2) is 4.57 Å². The van der Waals surface area contributed by atoms with Gasteiger partial charge in [0.05, 0.1) is 27.7 Å². The molecular weight excluding hydrogens is 1040 g/mol. The molecule has 2 atom stereocenters. The molecule has 0 aliphatic carbocycles. The van der Waals surface area contributed by atoms with E-state index in [0.29, 0.717) is 17.4 Å². The summed E-state index contributed by atoms with van der Waals surface area (Å²) in [5.74, 6) is -0.788. The number of phosphoric ester groups is 1. The first-order valence-corrected chi connectivity index (χ1v) is 36.2. The quantitative estimate of drug-likeness (QED) is 0.0211. The second kappa shape index (κ2) is 63.0. The minimum absolute atomic E-state index is 0.0313. The summed E-state index contributed by atoms with van der Waals surface area (Å²) in [6, 6.07) is 0. The van der Waals surface area contributed by atoms with Gasteiger partial charge in [-0.2, -0.15) is 0 Å². The summed E-state index contributed by atoms with van der Waals surface area (Å²) < 4.78 is 34.7. The Hall–Kier alpha value is -2.55. The summed E-state index contributed by atoms with van der Waals surface area (Å²) in [6.45, 7) is 4.35. The van der Waals surface area contributed by atoms with Crippen molar-refractivity contribution in [3.05, 3.63) is 72.9 Å². The molecule has 0 amide bonds. The zero-order chi connectivity index (χ0) is 59.8. The van der Waals surface area contributed by atoms with Crippen LogP contribution in [0.4, 0.5) is 0 Å². The van der Waals surface area contributed by atoms with Crippen molar-refractivity contribution in [2.45, 2.75) is 328 Å². The number of carbonyl (C=O) groups is 2. The normalized spacial score (nSPS) is 13.6. The maximum atomic E-state index is 12.9. The van der Waals surface area contributed by atoms with Crippen LogP contribution in [-0.2, 0) is 32.7 Å². The van der Waals surface area contributed by atoms with Gasteiger partial charge in [0, 0.05) is 12.8 Å². The second-order valence-corrected chi connectivity index (χ2v) is 26.0. The first kappa shape index (κ1) is 79.5. The van der Waals surface area contributed by atoms with Crippen molar-refractivity contribution in [1.29, 1.82) is 0 Å². The number of allylic oxidation sites excluding steroid dienone is 12. The number of unbranched alkanes of at least 4 members (excludes halogenated alkanes) is 38. The van der Waals surface area contributed by atoms with E-state index in [1.807, 2.05) is 21.1 Å². The van der Waals surface area contributed by atoms with E-state index in [-0.39, 0.29) is 32.0 Å². The van der Waals surface area contributed by atoms with Crippen molar-refractivity contribution in [2.24, 2.45) is 0 Å². The van der Waals surface area contributed by atoms with Gasteiger partial charge in [0.2, 0.25) is 0 Å². The number of hydrogen-bond acceptors (Lipinski definition) is 7. The van der Waals surface area contributed by atoms with E-state index in [1.165, 1.54) is 225 Å². The standard InChI is InChI=1S/C72H132NO8P/c1-6-8-10-12-14-16-18-20-22-24-26-28-29-30-31-32-33-34-35-36-37-38-39-40-41-42-43-45-47-49-51-53-55-57-59-61-63-65-72(75)81-70(69-80-82(76,77)79-67-66-73(3,4)5)68-78-71(74)64-62-60-58-56-54-52-50-48-46-44-27-25-23-21-19-17-15-13-11-9-7-2/h8,10,14,16,19-22,25-28,70H,6-7,9,11-13,15,17-18,23-24,29-69H2,1-5H3/p+1/b10-8-,16-14-,21-19-,22-20-,27-25-,28-26-. The van der Waals surface area contributed by atoms with Crippen LogP contribution in [0.25, 0.3) is 0 Å². The van der Waals surface area contributed by atoms with E-state index in [2.05, 4.69) is 86.8 Å². The highest BCUT2D eigenvalue weighted by atomic mass is 31.2. The largest absolute Gasteiger partial charge is 0.472 e. The first-order valence-electron chi connectivity index (χ1n) is 34.7. The number of quaternary nitrogens is 1. The topological polar surface area (TPSA) is 108 Å². The number of ether oxygens (including phenoxy) is 2. The lowest BCUT2D eigenvalue weighted by atomic mass is 10.0. The van der Waals surface area contributed by atoms with Crippen LogP contribution in [0.3, 0.4) is 0 Å². The minimum atomic E-state index is -4.39. The smallest absolute Gasteiger partial charge is 0.462 e. The molecule has 0 spiro atoms. The molecule has 0 saturated carbocycles. The molecule has 0 aromatic carbocycles. The van der Waals surface area contributed by atoms with Gasteiger partial charge in [0.15, 0.2) is 6.10 Å². The summed E-state index contributed by atoms with van der Waals surface area (Å²) in [5, 5.41) is 0. The van der Waals surface area contributed by atoms with Crippen LogP contribution in [0.15, 0.2) is 72.9 Å². The van der Waals surface area contributed by atoms with Crippen molar-refractivity contribution >= 4 is 19.8 Å². The molecule has 0 saturated heterocycles. The zero-order valence-corrected chi connectivity index (χ0v) is 55.4. The SMILES string of the molecule is CC/C=C\C/C=C\C/C=C\C/C=C\CCCCCCCCCCCCCCCCCCCCCCCCCCC(=O)OC(COC(=O)CCCCCCCCCCC/C=C\C/C=C\CCCCCCC)COP(=O)(O)OCC[N+](C)(C)C. The van der Waals surface area contributed by atoms with E-state index < -0.39 is 26.5 Å². The predicted octanol–water partition coefficient (Wildman–Crippen LogP) is 22.4. The highest BCUT2D eigenvalue weighted by Crippen LogP contribution is 2.43. The van der Waals surface area contributed by atoms with Gasteiger partial charge in [-0.1, -0.05) is 299 Å². The predicted molar refractivity (Wildman–Crippen MR) is 353 cm³/mol. The van der Waals surface area contributed by atoms with Crippen LogP contribution < -0.4 is 0 Å². The van der Waals surface area contributed by atoms with Crippen molar-refractivity contribution in [2.75, 3.05) is 47.5 Å². The highest BCUT2D eigenvalue weighted by Gasteiger charge is 2.27. The van der Waals surface area contributed by atoms with Crippen molar-refractivity contribution in [3.8, 4) is 0 Å². The molecule has 2 unspecified atom stereocenters. The van der Waals surface area contributed by atoms with Crippen LogP contribution in [-0.4, -0.2) is 74.9 Å². The lowest BCUT2D eigenvalue weighted by molar-refractivity contribution is -0.870. The van der Waals surface area contributed by atoms with Gasteiger partial charge in [-0.05, 0) is 83.5 Å². The van der Waals surface area contributed by atoms with Crippen molar-refractivity contribution in [1.82, 2.24) is 0 Å². The van der Waals surface area contributed by atoms with Crippen LogP contribution in [0, 0.1) is 0 Å². The summed E-state index contributed by atoms with van der Waals surface area (Å²) in [5.41, 5.74) is 0. The van der Waals surface area contributed by atoms with Crippen LogP contribution in [0.5, 0.6) is 0 Å². The number of phosphoric acid groups is 1. The molecule has 0 fully saturated rings. The molecule has 478 valence electrons. The van der Waals surface area contributed by atoms with Crippen LogP contribution in [0.1, 0.15) is 322 Å². The number of hydrogen-bond donors (Lipinski definition) is 1. The Morgan fingerprint density at radius 1 is 0.390 bits per heavy atom. The lowest BCUT2D eigenvalue weighted by Crippen LogP contribution is -2.37. The fraction of sp³-hybridized carbons (Fsp3) is 0.806. The molecular formula is C72H133NO8P+. The zero-order valence-electron chi connectivity index (χ0n) is 54.5. The Labute approximate surface area is 508 Å². The molecule has 9 nitrogen and oxygen atoms in total. The molecule has 0 rings (SSSR count). The second-order valence-electron chi connectivity index (χ2n) is 24.5. The summed E-state index contributed by atoms with van der Waals surface area (Å²) in [6.07, 6.45) is 84.4. The Morgan fingerprint density at radius 2 is 0.695 bits per heavy atom. The molecule has 0 aromatic rings. The molecule has 0 radical (unpaired) electrons. The Bertz CT molecular complexity index is 1610. The van der Waals surface area contributed by atoms with Gasteiger partial charge in [-0.3, -0.25) is 18.6 Å². The third-order valence-corrected chi connectivity index (χ3v) is 16.2. The molecule has 0 bridgehead atoms. The van der Waals surface area contributed by atoms with Crippen molar-refractivity contribution < 1.29 is 42.1 Å². The average Bonchev–Trinajstić information content (AvgIpc) is 3.46. The number of carbonyl (C=O) groups excluding carboxylic acids is 2. The Balaban J connectivity index is 3.97.